The smallest absolute Gasteiger partial charge is 0.481 e. The minimum Gasteiger partial charge on any atom is -0.481 e. The van der Waals surface area contributed by atoms with Crippen molar-refractivity contribution in [3.63, 3.8) is 0 Å². The first-order valence-corrected chi connectivity index (χ1v) is 12.3. The van der Waals surface area contributed by atoms with Crippen molar-refractivity contribution in [1.29, 1.82) is 0 Å². The van der Waals surface area contributed by atoms with Gasteiger partial charge in [-0.2, -0.15) is 0 Å². The maximum atomic E-state index is 11.7. The van der Waals surface area contributed by atoms with E-state index in [1.165, 1.54) is 20.8 Å². The van der Waals surface area contributed by atoms with Gasteiger partial charge in [0, 0.05) is 34.1 Å². The largest absolute Gasteiger partial charge is 0.494 e. The molecule has 4 unspecified atom stereocenters. The molecule has 4 atom stereocenters. The van der Waals surface area contributed by atoms with Crippen LogP contribution in [-0.2, 0) is 47.4 Å². The summed E-state index contributed by atoms with van der Waals surface area (Å²) in [6.45, 7) is 12.7. The van der Waals surface area contributed by atoms with Crippen molar-refractivity contribution >= 4 is 36.5 Å². The minimum atomic E-state index is -0.902. The molecule has 0 aliphatic carbocycles. The van der Waals surface area contributed by atoms with E-state index in [4.69, 9.17) is 38.2 Å². The van der Waals surface area contributed by atoms with E-state index in [0.717, 1.165) is 17.9 Å². The SMILES string of the molecule is CC(=O)O.CC(=O)OCC1OC(c2ccc(B3OC(C)(C)C(C)(C)O3)cc2)CC(OC(C)=O)C1OC(C)=O. The van der Waals surface area contributed by atoms with Crippen LogP contribution in [0.5, 0.6) is 0 Å². The summed E-state index contributed by atoms with van der Waals surface area (Å²) in [5.41, 5.74) is 0.793. The molecule has 1 aromatic rings. The van der Waals surface area contributed by atoms with Gasteiger partial charge in [-0.1, -0.05) is 24.3 Å². The van der Waals surface area contributed by atoms with Crippen molar-refractivity contribution in [1.82, 2.24) is 0 Å². The lowest BCUT2D eigenvalue weighted by Crippen LogP contribution is -2.51. The molecule has 210 valence electrons. The molecular formula is C26H37BO11. The van der Waals surface area contributed by atoms with E-state index in [0.29, 0.717) is 0 Å². The van der Waals surface area contributed by atoms with Crippen LogP contribution in [0.3, 0.4) is 0 Å². The lowest BCUT2D eigenvalue weighted by Gasteiger charge is -2.40. The summed E-state index contributed by atoms with van der Waals surface area (Å²) in [5.74, 6) is -2.39. The van der Waals surface area contributed by atoms with Gasteiger partial charge in [-0.25, -0.2) is 0 Å². The molecule has 0 bridgehead atoms. The topological polar surface area (TPSA) is 144 Å². The Labute approximate surface area is 223 Å². The first kappa shape index (κ1) is 31.3. The standard InChI is InChI=1S/C24H33BO9.C2H4O2/c1-14(26)29-13-21-22(31-16(3)28)20(30-15(2)27)12-19(32-21)17-8-10-18(11-9-17)25-33-23(4,5)24(6,7)34-25;1-2(3)4/h8-11,19-22H,12-13H2,1-7H3;1H3,(H,3,4). The number of aliphatic carboxylic acids is 1. The highest BCUT2D eigenvalue weighted by Gasteiger charge is 2.51. The van der Waals surface area contributed by atoms with Gasteiger partial charge in [0.25, 0.3) is 5.97 Å². The number of carbonyl (C=O) groups excluding carboxylic acids is 3. The Bertz CT molecular complexity index is 985. The predicted octanol–water partition coefficient (Wildman–Crippen LogP) is 2.33. The number of ether oxygens (including phenoxy) is 4. The summed E-state index contributed by atoms with van der Waals surface area (Å²) in [6.07, 6.45) is -2.68. The molecule has 11 nitrogen and oxygen atoms in total. The summed E-state index contributed by atoms with van der Waals surface area (Å²) in [4.78, 5) is 43.8. The van der Waals surface area contributed by atoms with Crippen LogP contribution in [0.2, 0.25) is 0 Å². The van der Waals surface area contributed by atoms with Gasteiger partial charge in [-0.15, -0.1) is 0 Å². The summed E-state index contributed by atoms with van der Waals surface area (Å²) in [7, 11) is -0.495. The zero-order valence-corrected chi connectivity index (χ0v) is 23.1. The second-order valence-corrected chi connectivity index (χ2v) is 10.2. The molecular weight excluding hydrogens is 499 g/mol. The number of benzene rings is 1. The van der Waals surface area contributed by atoms with Crippen molar-refractivity contribution in [2.75, 3.05) is 6.61 Å². The Morgan fingerprint density at radius 2 is 1.39 bits per heavy atom. The highest BCUT2D eigenvalue weighted by atomic mass is 16.7. The van der Waals surface area contributed by atoms with E-state index in [9.17, 15) is 14.4 Å². The summed E-state index contributed by atoms with van der Waals surface area (Å²) >= 11 is 0. The normalized spacial score (nSPS) is 25.4. The molecule has 2 fully saturated rings. The summed E-state index contributed by atoms with van der Waals surface area (Å²) < 4.78 is 34.4. The van der Waals surface area contributed by atoms with Crippen molar-refractivity contribution in [3.8, 4) is 0 Å². The van der Waals surface area contributed by atoms with E-state index in [2.05, 4.69) is 0 Å². The molecule has 1 aromatic carbocycles. The van der Waals surface area contributed by atoms with Crippen molar-refractivity contribution in [2.24, 2.45) is 0 Å². The third-order valence-electron chi connectivity index (χ3n) is 6.42. The van der Waals surface area contributed by atoms with Gasteiger partial charge in [0.15, 0.2) is 6.10 Å². The number of rotatable bonds is 6. The summed E-state index contributed by atoms with van der Waals surface area (Å²) in [5, 5.41) is 7.42. The van der Waals surface area contributed by atoms with Gasteiger partial charge in [0.2, 0.25) is 0 Å². The van der Waals surface area contributed by atoms with Crippen molar-refractivity contribution < 1.29 is 52.5 Å². The zero-order chi connectivity index (χ0) is 28.8. The highest BCUT2D eigenvalue weighted by Crippen LogP contribution is 2.37. The number of hydrogen-bond acceptors (Lipinski definition) is 10. The van der Waals surface area contributed by atoms with E-state index in [-0.39, 0.29) is 13.0 Å². The van der Waals surface area contributed by atoms with Crippen LogP contribution in [0.4, 0.5) is 0 Å². The number of carbonyl (C=O) groups is 4. The van der Waals surface area contributed by atoms with Crippen LogP contribution >= 0.6 is 0 Å². The van der Waals surface area contributed by atoms with Gasteiger partial charge >= 0.3 is 25.0 Å². The fourth-order valence-corrected chi connectivity index (χ4v) is 4.00. The maximum absolute atomic E-state index is 11.7. The second-order valence-electron chi connectivity index (χ2n) is 10.2. The van der Waals surface area contributed by atoms with Crippen molar-refractivity contribution in [3.05, 3.63) is 29.8 Å². The molecule has 3 rings (SSSR count). The highest BCUT2D eigenvalue weighted by molar-refractivity contribution is 6.62. The van der Waals surface area contributed by atoms with E-state index in [1.54, 1.807) is 0 Å². The van der Waals surface area contributed by atoms with E-state index >= 15 is 0 Å². The average molecular weight is 536 g/mol. The van der Waals surface area contributed by atoms with Crippen LogP contribution in [0.15, 0.2) is 24.3 Å². The lowest BCUT2D eigenvalue weighted by atomic mass is 9.78. The van der Waals surface area contributed by atoms with Crippen LogP contribution < -0.4 is 5.46 Å². The first-order valence-electron chi connectivity index (χ1n) is 12.3. The molecule has 12 heteroatoms. The van der Waals surface area contributed by atoms with Gasteiger partial charge in [0.1, 0.15) is 18.8 Å². The predicted molar refractivity (Wildman–Crippen MR) is 135 cm³/mol. The molecule has 1 N–H and O–H groups in total. The Balaban J connectivity index is 0.00000118. The molecule has 38 heavy (non-hydrogen) atoms. The zero-order valence-electron chi connectivity index (χ0n) is 23.1. The monoisotopic (exact) mass is 536 g/mol. The molecule has 0 saturated carbocycles. The number of hydrogen-bond donors (Lipinski definition) is 1. The fourth-order valence-electron chi connectivity index (χ4n) is 4.00. The van der Waals surface area contributed by atoms with E-state index < -0.39 is 66.6 Å². The third kappa shape index (κ3) is 8.54. The Morgan fingerprint density at radius 3 is 1.84 bits per heavy atom. The number of carboxylic acids is 1. The van der Waals surface area contributed by atoms with E-state index in [1.807, 2.05) is 52.0 Å². The fraction of sp³-hybridized carbons (Fsp3) is 0.615. The molecule has 0 aromatic heterocycles. The maximum Gasteiger partial charge on any atom is 0.494 e. The average Bonchev–Trinajstić information content (AvgIpc) is 2.99. The van der Waals surface area contributed by atoms with Crippen LogP contribution in [-0.4, -0.2) is 72.2 Å². The van der Waals surface area contributed by atoms with Gasteiger partial charge in [-0.05, 0) is 38.7 Å². The molecule has 0 spiro atoms. The van der Waals surface area contributed by atoms with Gasteiger partial charge in [-0.3, -0.25) is 19.2 Å². The lowest BCUT2D eigenvalue weighted by molar-refractivity contribution is -0.216. The Hall–Kier alpha value is -2.96. The second kappa shape index (κ2) is 12.7. The number of esters is 3. The molecule has 2 aliphatic heterocycles. The molecule has 2 saturated heterocycles. The minimum absolute atomic E-state index is 0.145. The summed E-state index contributed by atoms with van der Waals surface area (Å²) in [6, 6.07) is 7.59. The Morgan fingerprint density at radius 1 is 0.895 bits per heavy atom. The van der Waals surface area contributed by atoms with Crippen LogP contribution in [0, 0.1) is 0 Å². The quantitative estimate of drug-likeness (QED) is 0.325. The number of carboxylic acid groups (broad SMARTS) is 1. The Kier molecular flexibility index (Phi) is 10.5. The van der Waals surface area contributed by atoms with Gasteiger partial charge < -0.3 is 33.4 Å². The van der Waals surface area contributed by atoms with Gasteiger partial charge in [0.05, 0.1) is 17.3 Å². The van der Waals surface area contributed by atoms with Crippen molar-refractivity contribution in [2.45, 2.75) is 97.4 Å². The third-order valence-corrected chi connectivity index (χ3v) is 6.42. The van der Waals surface area contributed by atoms with Crippen LogP contribution in [0.1, 0.15) is 73.5 Å². The van der Waals surface area contributed by atoms with Crippen LogP contribution in [0.25, 0.3) is 0 Å². The molecule has 0 radical (unpaired) electrons. The molecule has 2 heterocycles. The molecule has 2 aliphatic rings. The molecule has 0 amide bonds. The first-order chi connectivity index (χ1) is 17.5.